The minimum absolute atomic E-state index is 0.0838. The third kappa shape index (κ3) is 12.5. The van der Waals surface area contributed by atoms with E-state index in [9.17, 15) is 24.6 Å². The topological polar surface area (TPSA) is 122 Å². The van der Waals surface area contributed by atoms with Crippen molar-refractivity contribution in [3.63, 3.8) is 0 Å². The average molecular weight is 633 g/mol. The number of benzene rings is 1. The number of terminal acetylenes is 3. The Labute approximate surface area is 275 Å². The Morgan fingerprint density at radius 2 is 1.61 bits per heavy atom. The predicted molar refractivity (Wildman–Crippen MR) is 181 cm³/mol. The Kier molecular flexibility index (Phi) is 17.0. The number of carbonyl (C=O) groups excluding carboxylic acids is 3. The number of likely N-dealkylation sites (N-methyl/N-ethyl adjacent to an activating group) is 2. The molecule has 1 aromatic rings. The van der Waals surface area contributed by atoms with Crippen LogP contribution >= 0.6 is 0 Å². The van der Waals surface area contributed by atoms with Crippen LogP contribution in [0, 0.1) is 54.8 Å². The van der Waals surface area contributed by atoms with E-state index < -0.39 is 47.9 Å². The molecule has 0 aromatic heterocycles. The monoisotopic (exact) mass is 632 g/mol. The van der Waals surface area contributed by atoms with Crippen LogP contribution in [0.15, 0.2) is 30.3 Å². The van der Waals surface area contributed by atoms with E-state index in [4.69, 9.17) is 19.3 Å². The number of aliphatic hydroxyl groups is 2. The highest BCUT2D eigenvalue weighted by atomic mass is 16.3. The van der Waals surface area contributed by atoms with E-state index in [0.29, 0.717) is 19.5 Å². The van der Waals surface area contributed by atoms with Gasteiger partial charge in [0.05, 0.1) is 18.1 Å². The average Bonchev–Trinajstić information content (AvgIpc) is 3.06. The van der Waals surface area contributed by atoms with Crippen molar-refractivity contribution in [1.29, 1.82) is 0 Å². The maximum atomic E-state index is 13.9. The molecular formula is C37H52N4O5. The number of aliphatic hydroxyl groups excluding tert-OH is 2. The van der Waals surface area contributed by atoms with E-state index in [1.54, 1.807) is 11.9 Å². The van der Waals surface area contributed by atoms with Crippen LogP contribution in [0.1, 0.15) is 63.9 Å². The Morgan fingerprint density at radius 3 is 2.20 bits per heavy atom. The van der Waals surface area contributed by atoms with Gasteiger partial charge in [-0.25, -0.2) is 0 Å². The molecule has 1 aliphatic carbocycles. The molecule has 46 heavy (non-hydrogen) atoms. The fourth-order valence-electron chi connectivity index (χ4n) is 5.79. The molecule has 9 heteroatoms. The lowest BCUT2D eigenvalue weighted by molar-refractivity contribution is -0.137. The molecule has 0 radical (unpaired) electrons. The van der Waals surface area contributed by atoms with Crippen molar-refractivity contribution in [3.05, 3.63) is 35.9 Å². The highest BCUT2D eigenvalue weighted by Crippen LogP contribution is 2.29. The second-order valence-corrected chi connectivity index (χ2v) is 12.4. The molecule has 9 nitrogen and oxygen atoms in total. The molecule has 1 aromatic carbocycles. The fourth-order valence-corrected chi connectivity index (χ4v) is 5.79. The molecular weight excluding hydrogens is 580 g/mol. The van der Waals surface area contributed by atoms with Gasteiger partial charge in [0, 0.05) is 33.0 Å². The smallest absolute Gasteiger partial charge is 0.245 e. The third-order valence-corrected chi connectivity index (χ3v) is 8.95. The van der Waals surface area contributed by atoms with Gasteiger partial charge in [-0.15, -0.1) is 25.2 Å². The van der Waals surface area contributed by atoms with E-state index in [-0.39, 0.29) is 31.1 Å². The molecule has 3 amide bonds. The Morgan fingerprint density at radius 1 is 0.957 bits per heavy atom. The van der Waals surface area contributed by atoms with E-state index in [0.717, 1.165) is 44.2 Å². The molecule has 0 saturated heterocycles. The number of hydrogen-bond donors (Lipinski definition) is 4. The van der Waals surface area contributed by atoms with E-state index in [1.165, 1.54) is 0 Å². The first-order chi connectivity index (χ1) is 22.0. The second-order valence-electron chi connectivity index (χ2n) is 12.4. The van der Waals surface area contributed by atoms with Crippen molar-refractivity contribution in [1.82, 2.24) is 20.4 Å². The van der Waals surface area contributed by atoms with Crippen LogP contribution in [0.5, 0.6) is 0 Å². The van der Waals surface area contributed by atoms with Gasteiger partial charge in [-0.2, -0.15) is 0 Å². The van der Waals surface area contributed by atoms with Crippen LogP contribution in [0.2, 0.25) is 0 Å². The van der Waals surface area contributed by atoms with E-state index >= 15 is 0 Å². The lowest BCUT2D eigenvalue weighted by atomic mass is 9.82. The van der Waals surface area contributed by atoms with Crippen molar-refractivity contribution in [3.8, 4) is 37.0 Å². The summed E-state index contributed by atoms with van der Waals surface area (Å²) in [6.07, 6.45) is 19.9. The highest BCUT2D eigenvalue weighted by Gasteiger charge is 2.36. The van der Waals surface area contributed by atoms with Crippen molar-refractivity contribution in [2.75, 3.05) is 33.7 Å². The molecule has 2 rings (SSSR count). The summed E-state index contributed by atoms with van der Waals surface area (Å²) >= 11 is 0. The zero-order chi connectivity index (χ0) is 34.1. The van der Waals surface area contributed by atoms with Gasteiger partial charge in [-0.1, -0.05) is 81.2 Å². The first kappa shape index (κ1) is 38.4. The normalized spacial score (nSPS) is 16.6. The van der Waals surface area contributed by atoms with Crippen LogP contribution in [0.3, 0.4) is 0 Å². The van der Waals surface area contributed by atoms with Gasteiger partial charge in [0.25, 0.3) is 0 Å². The summed E-state index contributed by atoms with van der Waals surface area (Å²) in [6.45, 7) is 4.07. The van der Waals surface area contributed by atoms with Gasteiger partial charge in [-0.05, 0) is 37.9 Å². The zero-order valence-electron chi connectivity index (χ0n) is 27.7. The molecule has 1 aliphatic rings. The fraction of sp³-hybridized carbons (Fsp3) is 0.595. The summed E-state index contributed by atoms with van der Waals surface area (Å²) < 4.78 is 0. The molecule has 0 unspecified atom stereocenters. The maximum Gasteiger partial charge on any atom is 0.245 e. The molecule has 0 aliphatic heterocycles. The van der Waals surface area contributed by atoms with E-state index in [1.807, 2.05) is 44.3 Å². The number of nitrogens with one attached hydrogen (secondary N) is 2. The Bertz CT molecular complexity index is 1210. The number of hydrogen-bond acceptors (Lipinski definition) is 6. The lowest BCUT2D eigenvalue weighted by Gasteiger charge is -2.33. The first-order valence-electron chi connectivity index (χ1n) is 16.3. The van der Waals surface area contributed by atoms with Crippen LogP contribution in [-0.4, -0.2) is 95.8 Å². The second kappa shape index (κ2) is 20.3. The number of nitrogens with zero attached hydrogens (tertiary/aromatic N) is 2. The number of carbonyl (C=O) groups is 3. The van der Waals surface area contributed by atoms with Crippen molar-refractivity contribution in [2.24, 2.45) is 17.8 Å². The van der Waals surface area contributed by atoms with Crippen molar-refractivity contribution >= 4 is 17.7 Å². The minimum atomic E-state index is -1.34. The largest absolute Gasteiger partial charge is 0.389 e. The minimum Gasteiger partial charge on any atom is -0.389 e. The molecule has 250 valence electrons. The van der Waals surface area contributed by atoms with Crippen LogP contribution in [-0.2, 0) is 20.8 Å². The summed E-state index contributed by atoms with van der Waals surface area (Å²) in [5.74, 6) is 4.09. The van der Waals surface area contributed by atoms with E-state index in [2.05, 4.69) is 33.3 Å². The van der Waals surface area contributed by atoms with Gasteiger partial charge >= 0.3 is 0 Å². The van der Waals surface area contributed by atoms with Gasteiger partial charge in [0.2, 0.25) is 17.7 Å². The maximum absolute atomic E-state index is 13.9. The van der Waals surface area contributed by atoms with Crippen molar-refractivity contribution in [2.45, 2.75) is 89.0 Å². The lowest BCUT2D eigenvalue weighted by Crippen LogP contribution is -2.57. The summed E-state index contributed by atoms with van der Waals surface area (Å²) in [4.78, 5) is 44.7. The summed E-state index contributed by atoms with van der Waals surface area (Å²) in [5, 5.41) is 27.1. The standard InChI is InChI=1S/C37H52N4O5/c1-7-17-32(42)35(44)31(25-28-20-15-12-16-21-28)38-37(46)34(29(8-2)9-3)39-36(45)30(24-27-18-13-11-14-19-27)26-33(43)41(6)23-22-40(5)10-4/h1-3,11,13-14,18-19,28-32,34-35,42,44H,10,12,15-17,20-26H2,4-6H3,(H,38,46)(H,39,45)/t30-,31+,32+,34+,35-/m1/s1. The molecule has 4 N–H and O–H groups in total. The molecule has 0 heterocycles. The third-order valence-electron chi connectivity index (χ3n) is 8.95. The molecule has 5 atom stereocenters. The van der Waals surface area contributed by atoms with Gasteiger partial charge in [0.1, 0.15) is 18.1 Å². The SMILES string of the molecule is C#CC[C@H](O)[C@H](O)[C@H](CC1CCCCC1)NC(=O)[C@@H](NC(=O)[C@@H](CC(=O)N(C)CCN(C)CC)Cc1ccccc1)C(C#C)C#C. The Balaban J connectivity index is 2.31. The number of rotatable bonds is 18. The number of amides is 3. The van der Waals surface area contributed by atoms with Crippen molar-refractivity contribution < 1.29 is 24.6 Å². The van der Waals surface area contributed by atoms with Gasteiger partial charge < -0.3 is 30.6 Å². The van der Waals surface area contributed by atoms with Crippen LogP contribution < -0.4 is 10.6 Å². The first-order valence-corrected chi connectivity index (χ1v) is 16.3. The summed E-state index contributed by atoms with van der Waals surface area (Å²) in [5.41, 5.74) is 0.855. The summed E-state index contributed by atoms with van der Waals surface area (Å²) in [7, 11) is 3.68. The molecule has 1 fully saturated rings. The molecule has 0 spiro atoms. The predicted octanol–water partition coefficient (Wildman–Crippen LogP) is 2.21. The van der Waals surface area contributed by atoms with Crippen LogP contribution in [0.4, 0.5) is 0 Å². The molecule has 1 saturated carbocycles. The quantitative estimate of drug-likeness (QED) is 0.184. The zero-order valence-corrected chi connectivity index (χ0v) is 27.7. The van der Waals surface area contributed by atoms with Gasteiger partial charge in [0.15, 0.2) is 0 Å². The molecule has 0 bridgehead atoms. The highest BCUT2D eigenvalue weighted by molar-refractivity contribution is 5.91. The summed E-state index contributed by atoms with van der Waals surface area (Å²) in [6, 6.07) is 7.15. The van der Waals surface area contributed by atoms with Gasteiger partial charge in [-0.3, -0.25) is 14.4 Å². The van der Waals surface area contributed by atoms with Crippen LogP contribution in [0.25, 0.3) is 0 Å². The Hall–Kier alpha value is -3.81.